The first-order valence-corrected chi connectivity index (χ1v) is 17.1. The van der Waals surface area contributed by atoms with Gasteiger partial charge in [0.1, 0.15) is 35.9 Å². The van der Waals surface area contributed by atoms with Crippen molar-refractivity contribution >= 4 is 12.2 Å². The molecule has 2 aliphatic rings. The summed E-state index contributed by atoms with van der Waals surface area (Å²) < 4.78 is 34.0. The van der Waals surface area contributed by atoms with E-state index < -0.39 is 36.6 Å². The molecule has 2 heterocycles. The Labute approximate surface area is 289 Å². The molecule has 0 spiro atoms. The van der Waals surface area contributed by atoms with E-state index >= 15 is 0 Å². The van der Waals surface area contributed by atoms with Crippen LogP contribution in [0, 0.1) is 0 Å². The Kier molecular flexibility index (Phi) is 15.7. The molecule has 0 aromatic heterocycles. The van der Waals surface area contributed by atoms with Crippen molar-refractivity contribution in [1.82, 2.24) is 26.2 Å². The van der Waals surface area contributed by atoms with Crippen LogP contribution in [-0.4, -0.2) is 132 Å². The lowest BCUT2D eigenvalue weighted by molar-refractivity contribution is -0.0757. The van der Waals surface area contributed by atoms with Crippen LogP contribution in [0.1, 0.15) is 25.0 Å². The SMILES string of the molecule is CCN(CC)CCOCCNC(=O)O[C@@H]1[C@@H](O)CN[C@@H]1Cc1ccc(OCO[C@H]2CN[C@H](Cc3ccc(OC)cc3)[C@@H]2OC(=O)NC)cc1. The minimum absolute atomic E-state index is 0.0308. The normalized spacial score (nSPS) is 23.3. The Bertz CT molecular complexity index is 1270. The van der Waals surface area contributed by atoms with E-state index in [1.54, 1.807) is 7.11 Å². The Morgan fingerprint density at radius 2 is 1.47 bits per heavy atom. The monoisotopic (exact) mass is 687 g/mol. The molecule has 0 aliphatic carbocycles. The second kappa shape index (κ2) is 20.1. The molecule has 2 aliphatic heterocycles. The molecule has 5 N–H and O–H groups in total. The number of carbonyl (C=O) groups is 2. The molecule has 272 valence electrons. The number of carbonyl (C=O) groups excluding carboxylic acids is 2. The van der Waals surface area contributed by atoms with Crippen molar-refractivity contribution in [1.29, 1.82) is 0 Å². The lowest BCUT2D eigenvalue weighted by Crippen LogP contribution is -2.42. The van der Waals surface area contributed by atoms with Gasteiger partial charge in [-0.3, -0.25) is 0 Å². The molecule has 2 aromatic rings. The van der Waals surface area contributed by atoms with Gasteiger partial charge in [-0.1, -0.05) is 38.1 Å². The van der Waals surface area contributed by atoms with E-state index in [2.05, 4.69) is 40.0 Å². The number of hydrogen-bond acceptors (Lipinski definition) is 12. The van der Waals surface area contributed by atoms with Crippen molar-refractivity contribution in [2.45, 2.75) is 63.2 Å². The van der Waals surface area contributed by atoms with Crippen molar-refractivity contribution in [3.8, 4) is 11.5 Å². The highest BCUT2D eigenvalue weighted by Gasteiger charge is 2.40. The van der Waals surface area contributed by atoms with Crippen LogP contribution in [0.5, 0.6) is 11.5 Å². The number of nitrogens with one attached hydrogen (secondary N) is 4. The Morgan fingerprint density at radius 1 is 0.857 bits per heavy atom. The van der Waals surface area contributed by atoms with E-state index in [9.17, 15) is 14.7 Å². The molecule has 0 radical (unpaired) electrons. The third kappa shape index (κ3) is 12.0. The first-order valence-electron chi connectivity index (χ1n) is 17.1. The lowest BCUT2D eigenvalue weighted by Gasteiger charge is -2.24. The third-order valence-electron chi connectivity index (χ3n) is 8.86. The van der Waals surface area contributed by atoms with Gasteiger partial charge in [0, 0.05) is 33.2 Å². The van der Waals surface area contributed by atoms with E-state index in [1.165, 1.54) is 7.05 Å². The molecule has 0 bridgehead atoms. The predicted molar refractivity (Wildman–Crippen MR) is 183 cm³/mol. The lowest BCUT2D eigenvalue weighted by atomic mass is 10.0. The molecule has 2 amide bonds. The molecule has 0 saturated carbocycles. The molecule has 4 rings (SSSR count). The van der Waals surface area contributed by atoms with Gasteiger partial charge in [0.2, 0.25) is 0 Å². The number of rotatable bonds is 19. The second-order valence-corrected chi connectivity index (χ2v) is 12.0. The van der Waals surface area contributed by atoms with Crippen LogP contribution in [-0.2, 0) is 31.8 Å². The molecular weight excluding hydrogens is 634 g/mol. The highest BCUT2D eigenvalue weighted by Crippen LogP contribution is 2.23. The number of amides is 2. The van der Waals surface area contributed by atoms with Crippen LogP contribution < -0.4 is 30.7 Å². The predicted octanol–water partition coefficient (Wildman–Crippen LogP) is 1.68. The fourth-order valence-electron chi connectivity index (χ4n) is 5.97. The van der Waals surface area contributed by atoms with E-state index in [1.807, 2.05) is 48.5 Å². The maximum Gasteiger partial charge on any atom is 0.407 e. The van der Waals surface area contributed by atoms with Crippen LogP contribution >= 0.6 is 0 Å². The molecule has 2 saturated heterocycles. The van der Waals surface area contributed by atoms with Gasteiger partial charge in [-0.25, -0.2) is 9.59 Å². The fourth-order valence-corrected chi connectivity index (χ4v) is 5.97. The summed E-state index contributed by atoms with van der Waals surface area (Å²) in [6.07, 6.45) is -2.34. The smallest absolute Gasteiger partial charge is 0.407 e. The number of benzene rings is 2. The summed E-state index contributed by atoms with van der Waals surface area (Å²) in [4.78, 5) is 26.8. The van der Waals surface area contributed by atoms with Gasteiger partial charge in [-0.2, -0.15) is 0 Å². The van der Waals surface area contributed by atoms with Crippen molar-refractivity contribution in [2.24, 2.45) is 0 Å². The number of nitrogens with zero attached hydrogens (tertiary/aromatic N) is 1. The van der Waals surface area contributed by atoms with Crippen LogP contribution in [0.3, 0.4) is 0 Å². The van der Waals surface area contributed by atoms with Crippen LogP contribution in [0.15, 0.2) is 48.5 Å². The fraction of sp³-hybridized carbons (Fsp3) is 0.600. The number of alkyl carbamates (subject to hydrolysis) is 2. The van der Waals surface area contributed by atoms with Crippen molar-refractivity contribution in [3.05, 3.63) is 59.7 Å². The topological polar surface area (TPSA) is 161 Å². The van der Waals surface area contributed by atoms with Gasteiger partial charge in [0.25, 0.3) is 0 Å². The van der Waals surface area contributed by atoms with E-state index in [0.29, 0.717) is 51.4 Å². The number of hydrogen-bond donors (Lipinski definition) is 5. The van der Waals surface area contributed by atoms with Gasteiger partial charge in [0.05, 0.1) is 32.4 Å². The molecular formula is C35H53N5O9. The largest absolute Gasteiger partial charge is 0.497 e. The van der Waals surface area contributed by atoms with E-state index in [-0.39, 0.29) is 18.9 Å². The molecule has 2 fully saturated rings. The van der Waals surface area contributed by atoms with Crippen molar-refractivity contribution in [3.63, 3.8) is 0 Å². The molecule has 2 aromatic carbocycles. The quantitative estimate of drug-likeness (QED) is 0.108. The van der Waals surface area contributed by atoms with Crippen LogP contribution in [0.2, 0.25) is 0 Å². The molecule has 14 nitrogen and oxygen atoms in total. The highest BCUT2D eigenvalue weighted by molar-refractivity contribution is 5.67. The number of β-amino-alcohol motifs (C(OH)–C–C–N with tert-alkyl or cyclic N) is 1. The van der Waals surface area contributed by atoms with Gasteiger partial charge >= 0.3 is 12.2 Å². The zero-order valence-corrected chi connectivity index (χ0v) is 29.0. The standard InChI is InChI=1S/C35H53N5O9/c1-5-40(6-2)16-18-45-17-15-37-35(43)48-32-28(38-21-30(32)41)19-25-9-13-27(14-10-25)46-23-47-31-22-39-29(33(31)49-34(42)36-3)20-24-7-11-26(44-4)12-8-24/h7-14,28-33,38-39,41H,5-6,15-23H2,1-4H3,(H,36,42)(H,37,43)/t28-,29-,30+,31+,32+,33+/m1/s1. The Balaban J connectivity index is 1.20. The van der Waals surface area contributed by atoms with E-state index in [0.717, 1.165) is 36.5 Å². The van der Waals surface area contributed by atoms with Crippen LogP contribution in [0.25, 0.3) is 0 Å². The summed E-state index contributed by atoms with van der Waals surface area (Å²) in [5.74, 6) is 1.39. The van der Waals surface area contributed by atoms with E-state index in [4.69, 9.17) is 28.4 Å². The minimum atomic E-state index is -0.807. The van der Waals surface area contributed by atoms with Gasteiger partial charge in [-0.15, -0.1) is 0 Å². The van der Waals surface area contributed by atoms with Crippen LogP contribution in [0.4, 0.5) is 9.59 Å². The zero-order valence-electron chi connectivity index (χ0n) is 29.0. The first kappa shape index (κ1) is 38.1. The molecule has 6 atom stereocenters. The summed E-state index contributed by atoms with van der Waals surface area (Å²) in [7, 11) is 3.15. The molecule has 0 unspecified atom stereocenters. The second-order valence-electron chi connectivity index (χ2n) is 12.0. The Hall–Kier alpha value is -3.66. The minimum Gasteiger partial charge on any atom is -0.497 e. The van der Waals surface area contributed by atoms with Gasteiger partial charge in [-0.05, 0) is 61.3 Å². The zero-order chi connectivity index (χ0) is 35.0. The number of likely N-dealkylation sites (N-methyl/N-ethyl adjacent to an activating group) is 1. The van der Waals surface area contributed by atoms with Gasteiger partial charge < -0.3 is 59.7 Å². The summed E-state index contributed by atoms with van der Waals surface area (Å²) >= 11 is 0. The maximum absolute atomic E-state index is 12.4. The summed E-state index contributed by atoms with van der Waals surface area (Å²) in [5.41, 5.74) is 2.06. The summed E-state index contributed by atoms with van der Waals surface area (Å²) in [6, 6.07) is 14.9. The van der Waals surface area contributed by atoms with Gasteiger partial charge in [0.15, 0.2) is 6.79 Å². The van der Waals surface area contributed by atoms with Crippen molar-refractivity contribution < 1.29 is 43.1 Å². The number of ether oxygens (including phenoxy) is 6. The maximum atomic E-state index is 12.4. The first-order chi connectivity index (χ1) is 23.8. The summed E-state index contributed by atoms with van der Waals surface area (Å²) in [5, 5.41) is 22.4. The number of aliphatic hydroxyl groups excluding tert-OH is 1. The molecule has 49 heavy (non-hydrogen) atoms. The average molecular weight is 688 g/mol. The van der Waals surface area contributed by atoms with Crippen molar-refractivity contribution in [2.75, 3.05) is 73.4 Å². The molecule has 14 heteroatoms. The average Bonchev–Trinajstić information content (AvgIpc) is 3.66. The third-order valence-corrected chi connectivity index (χ3v) is 8.86. The number of methoxy groups -OCH3 is 1. The number of aliphatic hydroxyl groups is 1. The highest BCUT2D eigenvalue weighted by atomic mass is 16.7. The Morgan fingerprint density at radius 3 is 2.10 bits per heavy atom. The summed E-state index contributed by atoms with van der Waals surface area (Å²) in [6.45, 7) is 9.13.